The van der Waals surface area contributed by atoms with E-state index in [9.17, 15) is 0 Å². The van der Waals surface area contributed by atoms with Gasteiger partial charge in [0.1, 0.15) is 0 Å². The first-order valence-electron chi connectivity index (χ1n) is 6.09. The zero-order valence-electron chi connectivity index (χ0n) is 11.1. The van der Waals surface area contributed by atoms with Gasteiger partial charge in [0.05, 0.1) is 6.54 Å². The number of guanidine groups is 1. The number of rotatable bonds is 3. The fourth-order valence-electron chi connectivity index (χ4n) is 2.93. The second kappa shape index (κ2) is 4.62. The van der Waals surface area contributed by atoms with Crippen LogP contribution in [0.5, 0.6) is 0 Å². The first-order valence-corrected chi connectivity index (χ1v) is 6.09. The van der Waals surface area contributed by atoms with Gasteiger partial charge in [-0.1, -0.05) is 0 Å². The van der Waals surface area contributed by atoms with E-state index in [1.165, 1.54) is 19.3 Å². The highest BCUT2D eigenvalue weighted by Gasteiger charge is 2.40. The standard InChI is InChI=1S/C12H26N4/c1-11(2)6-5-7-12(3,4)16(11)9-8-15-10(13)14/h5-9H2,1-4H3,(H4,13,14,15). The van der Waals surface area contributed by atoms with Gasteiger partial charge in [0.25, 0.3) is 0 Å². The van der Waals surface area contributed by atoms with Crippen LogP contribution in [0.3, 0.4) is 0 Å². The molecular formula is C12H26N4. The summed E-state index contributed by atoms with van der Waals surface area (Å²) in [6, 6.07) is 0. The molecule has 0 aromatic carbocycles. The Morgan fingerprint density at radius 1 is 1.12 bits per heavy atom. The first-order chi connectivity index (χ1) is 7.26. The Balaban J connectivity index is 2.68. The van der Waals surface area contributed by atoms with Gasteiger partial charge >= 0.3 is 0 Å². The number of likely N-dealkylation sites (tertiary alicyclic amines) is 1. The van der Waals surface area contributed by atoms with Crippen LogP contribution in [0, 0.1) is 0 Å². The zero-order valence-corrected chi connectivity index (χ0v) is 11.1. The average molecular weight is 226 g/mol. The van der Waals surface area contributed by atoms with Crippen molar-refractivity contribution in [3.8, 4) is 0 Å². The fourth-order valence-corrected chi connectivity index (χ4v) is 2.93. The summed E-state index contributed by atoms with van der Waals surface area (Å²) in [6.45, 7) is 10.9. The Hall–Kier alpha value is -0.770. The third-order valence-corrected chi connectivity index (χ3v) is 3.66. The number of piperidine rings is 1. The zero-order chi connectivity index (χ0) is 12.4. The molecule has 0 spiro atoms. The average Bonchev–Trinajstić information content (AvgIpc) is 2.08. The van der Waals surface area contributed by atoms with Gasteiger partial charge in [-0.2, -0.15) is 0 Å². The summed E-state index contributed by atoms with van der Waals surface area (Å²) in [5.41, 5.74) is 11.2. The maximum atomic E-state index is 5.35. The monoisotopic (exact) mass is 226 g/mol. The molecule has 4 heteroatoms. The number of hydrogen-bond acceptors (Lipinski definition) is 2. The minimum Gasteiger partial charge on any atom is -0.370 e. The summed E-state index contributed by atoms with van der Waals surface area (Å²) in [5.74, 6) is 0.188. The van der Waals surface area contributed by atoms with Crippen molar-refractivity contribution >= 4 is 5.96 Å². The molecule has 1 aliphatic rings. The summed E-state index contributed by atoms with van der Waals surface area (Å²) in [6.07, 6.45) is 3.80. The minimum atomic E-state index is 0.188. The predicted molar refractivity (Wildman–Crippen MR) is 69.4 cm³/mol. The molecule has 94 valence electrons. The van der Waals surface area contributed by atoms with Crippen LogP contribution in [0.4, 0.5) is 0 Å². The highest BCUT2D eigenvalue weighted by molar-refractivity contribution is 5.75. The van der Waals surface area contributed by atoms with Crippen molar-refractivity contribution in [2.45, 2.75) is 58.0 Å². The maximum absolute atomic E-state index is 5.35. The molecule has 0 radical (unpaired) electrons. The van der Waals surface area contributed by atoms with Gasteiger partial charge in [-0.25, -0.2) is 0 Å². The Morgan fingerprint density at radius 3 is 2.06 bits per heavy atom. The normalized spacial score (nSPS) is 24.0. The van der Waals surface area contributed by atoms with Crippen molar-refractivity contribution in [1.82, 2.24) is 4.90 Å². The van der Waals surface area contributed by atoms with E-state index in [1.54, 1.807) is 0 Å². The molecule has 0 bridgehead atoms. The van der Waals surface area contributed by atoms with Gasteiger partial charge < -0.3 is 11.5 Å². The first kappa shape index (κ1) is 13.3. The summed E-state index contributed by atoms with van der Waals surface area (Å²) in [4.78, 5) is 6.62. The van der Waals surface area contributed by atoms with Gasteiger partial charge in [-0.05, 0) is 47.0 Å². The molecule has 1 aliphatic heterocycles. The number of aliphatic imine (C=N–C) groups is 1. The van der Waals surface area contributed by atoms with Gasteiger partial charge in [-0.3, -0.25) is 9.89 Å². The third-order valence-electron chi connectivity index (χ3n) is 3.66. The summed E-state index contributed by atoms with van der Waals surface area (Å²) >= 11 is 0. The largest absolute Gasteiger partial charge is 0.370 e. The highest BCUT2D eigenvalue weighted by atomic mass is 15.3. The lowest BCUT2D eigenvalue weighted by Crippen LogP contribution is -2.59. The van der Waals surface area contributed by atoms with E-state index in [2.05, 4.69) is 37.6 Å². The molecule has 1 fully saturated rings. The number of nitrogens with two attached hydrogens (primary N) is 2. The maximum Gasteiger partial charge on any atom is 0.185 e. The molecule has 0 unspecified atom stereocenters. The Bertz CT molecular complexity index is 248. The minimum absolute atomic E-state index is 0.188. The second-order valence-corrected chi connectivity index (χ2v) is 5.94. The van der Waals surface area contributed by atoms with Crippen LogP contribution >= 0.6 is 0 Å². The van der Waals surface area contributed by atoms with Gasteiger partial charge in [-0.15, -0.1) is 0 Å². The van der Waals surface area contributed by atoms with Gasteiger partial charge in [0.15, 0.2) is 5.96 Å². The van der Waals surface area contributed by atoms with Crippen molar-refractivity contribution in [1.29, 1.82) is 0 Å². The molecule has 0 atom stereocenters. The van der Waals surface area contributed by atoms with Crippen LogP contribution < -0.4 is 11.5 Å². The molecule has 1 rings (SSSR count). The van der Waals surface area contributed by atoms with E-state index >= 15 is 0 Å². The smallest absolute Gasteiger partial charge is 0.185 e. The van der Waals surface area contributed by atoms with Crippen LogP contribution in [0.1, 0.15) is 47.0 Å². The fraction of sp³-hybridized carbons (Fsp3) is 0.917. The van der Waals surface area contributed by atoms with Crippen LogP contribution in [-0.4, -0.2) is 35.0 Å². The van der Waals surface area contributed by atoms with E-state index in [4.69, 9.17) is 11.5 Å². The van der Waals surface area contributed by atoms with Crippen molar-refractivity contribution in [3.63, 3.8) is 0 Å². The van der Waals surface area contributed by atoms with Gasteiger partial charge in [0.2, 0.25) is 0 Å². The molecule has 0 aromatic rings. The van der Waals surface area contributed by atoms with Crippen LogP contribution in [0.25, 0.3) is 0 Å². The predicted octanol–water partition coefficient (Wildman–Crippen LogP) is 1.30. The van der Waals surface area contributed by atoms with Crippen molar-refractivity contribution < 1.29 is 0 Å². The Morgan fingerprint density at radius 2 is 1.62 bits per heavy atom. The summed E-state index contributed by atoms with van der Waals surface area (Å²) in [5, 5.41) is 0. The molecule has 4 N–H and O–H groups in total. The molecule has 0 amide bonds. The molecule has 0 aliphatic carbocycles. The van der Waals surface area contributed by atoms with E-state index in [-0.39, 0.29) is 17.0 Å². The van der Waals surface area contributed by atoms with Crippen molar-refractivity contribution in [2.75, 3.05) is 13.1 Å². The van der Waals surface area contributed by atoms with Crippen LogP contribution in [-0.2, 0) is 0 Å². The van der Waals surface area contributed by atoms with E-state index in [1.807, 2.05) is 0 Å². The van der Waals surface area contributed by atoms with Crippen LogP contribution in [0.2, 0.25) is 0 Å². The lowest BCUT2D eigenvalue weighted by molar-refractivity contribution is -0.0236. The number of hydrogen-bond donors (Lipinski definition) is 2. The quantitative estimate of drug-likeness (QED) is 0.563. The van der Waals surface area contributed by atoms with Crippen LogP contribution in [0.15, 0.2) is 4.99 Å². The SMILES string of the molecule is CC1(C)CCCC(C)(C)N1CCN=C(N)N. The molecule has 1 saturated heterocycles. The topological polar surface area (TPSA) is 67.6 Å². The highest BCUT2D eigenvalue weighted by Crippen LogP contribution is 2.37. The van der Waals surface area contributed by atoms with E-state index in [0.29, 0.717) is 6.54 Å². The van der Waals surface area contributed by atoms with Crippen molar-refractivity contribution in [2.24, 2.45) is 16.5 Å². The van der Waals surface area contributed by atoms with Crippen molar-refractivity contribution in [3.05, 3.63) is 0 Å². The van der Waals surface area contributed by atoms with Gasteiger partial charge in [0, 0.05) is 17.6 Å². The molecule has 4 nitrogen and oxygen atoms in total. The molecule has 1 heterocycles. The van der Waals surface area contributed by atoms with E-state index in [0.717, 1.165) is 6.54 Å². The second-order valence-electron chi connectivity index (χ2n) is 5.94. The molecule has 0 saturated carbocycles. The number of nitrogens with zero attached hydrogens (tertiary/aromatic N) is 2. The lowest BCUT2D eigenvalue weighted by Gasteiger charge is -2.52. The Kier molecular flexibility index (Phi) is 3.84. The lowest BCUT2D eigenvalue weighted by atomic mass is 9.80. The molecule has 16 heavy (non-hydrogen) atoms. The molecular weight excluding hydrogens is 200 g/mol. The summed E-state index contributed by atoms with van der Waals surface area (Å²) < 4.78 is 0. The third kappa shape index (κ3) is 3.11. The Labute approximate surface area is 99.1 Å². The van der Waals surface area contributed by atoms with E-state index < -0.39 is 0 Å². The molecule has 0 aromatic heterocycles. The summed E-state index contributed by atoms with van der Waals surface area (Å²) in [7, 11) is 0.